The zero-order valence-electron chi connectivity index (χ0n) is 10.5. The van der Waals surface area contributed by atoms with Crippen LogP contribution in [0.15, 0.2) is 5.16 Å². The SMILES string of the molecule is CCCCCCCCSc1nnnn1CCO. The molecular formula is C11H22N4OS. The summed E-state index contributed by atoms with van der Waals surface area (Å²) in [6, 6.07) is 0. The first-order valence-corrected chi connectivity index (χ1v) is 7.37. The van der Waals surface area contributed by atoms with Crippen LogP contribution in [0.25, 0.3) is 0 Å². The average molecular weight is 258 g/mol. The Labute approximate surface area is 107 Å². The number of nitrogens with zero attached hydrogens (tertiary/aromatic N) is 4. The minimum absolute atomic E-state index is 0.0790. The monoisotopic (exact) mass is 258 g/mol. The van der Waals surface area contributed by atoms with Crippen molar-refractivity contribution >= 4 is 11.8 Å². The summed E-state index contributed by atoms with van der Waals surface area (Å²) < 4.78 is 1.65. The third kappa shape index (κ3) is 6.02. The van der Waals surface area contributed by atoms with E-state index in [1.165, 1.54) is 38.5 Å². The molecule has 0 aliphatic heterocycles. The minimum atomic E-state index is 0.0790. The summed E-state index contributed by atoms with van der Waals surface area (Å²) >= 11 is 1.67. The van der Waals surface area contributed by atoms with Crippen molar-refractivity contribution in [1.82, 2.24) is 20.2 Å². The summed E-state index contributed by atoms with van der Waals surface area (Å²) in [5.41, 5.74) is 0. The number of unbranched alkanes of at least 4 members (excludes halogenated alkanes) is 5. The molecule has 1 rings (SSSR count). The molecule has 98 valence electrons. The molecule has 5 nitrogen and oxygen atoms in total. The third-order valence-electron chi connectivity index (χ3n) is 2.54. The molecule has 0 atom stereocenters. The van der Waals surface area contributed by atoms with Crippen molar-refractivity contribution in [2.45, 2.75) is 57.1 Å². The second-order valence-electron chi connectivity index (χ2n) is 4.02. The highest BCUT2D eigenvalue weighted by atomic mass is 32.2. The van der Waals surface area contributed by atoms with Crippen LogP contribution in [0, 0.1) is 0 Å². The first-order valence-electron chi connectivity index (χ1n) is 6.38. The lowest BCUT2D eigenvalue weighted by atomic mass is 10.1. The predicted molar refractivity (Wildman–Crippen MR) is 69.0 cm³/mol. The molecular weight excluding hydrogens is 236 g/mol. The van der Waals surface area contributed by atoms with Gasteiger partial charge in [0.2, 0.25) is 5.16 Å². The number of thioether (sulfide) groups is 1. The third-order valence-corrected chi connectivity index (χ3v) is 3.58. The molecule has 0 aromatic carbocycles. The van der Waals surface area contributed by atoms with E-state index in [1.54, 1.807) is 16.4 Å². The van der Waals surface area contributed by atoms with Crippen LogP contribution in [-0.4, -0.2) is 37.7 Å². The van der Waals surface area contributed by atoms with Crippen molar-refractivity contribution in [3.63, 3.8) is 0 Å². The van der Waals surface area contributed by atoms with Crippen molar-refractivity contribution in [2.24, 2.45) is 0 Å². The number of rotatable bonds is 10. The summed E-state index contributed by atoms with van der Waals surface area (Å²) in [4.78, 5) is 0. The molecule has 0 bridgehead atoms. The van der Waals surface area contributed by atoms with Gasteiger partial charge < -0.3 is 5.11 Å². The maximum absolute atomic E-state index is 8.83. The van der Waals surface area contributed by atoms with Gasteiger partial charge in [0.1, 0.15) is 0 Å². The summed E-state index contributed by atoms with van der Waals surface area (Å²) in [7, 11) is 0. The van der Waals surface area contributed by atoms with Crippen LogP contribution in [0.3, 0.4) is 0 Å². The quantitative estimate of drug-likeness (QED) is 0.514. The van der Waals surface area contributed by atoms with Gasteiger partial charge in [-0.05, 0) is 16.8 Å². The van der Waals surface area contributed by atoms with Gasteiger partial charge in [0.25, 0.3) is 0 Å². The molecule has 1 heterocycles. The zero-order chi connectivity index (χ0) is 12.3. The van der Waals surface area contributed by atoms with Crippen LogP contribution in [0.5, 0.6) is 0 Å². The number of aliphatic hydroxyl groups is 1. The van der Waals surface area contributed by atoms with Crippen LogP contribution in [0.4, 0.5) is 0 Å². The Hall–Kier alpha value is -0.620. The van der Waals surface area contributed by atoms with Gasteiger partial charge in [-0.25, -0.2) is 4.68 Å². The number of tetrazole rings is 1. The fourth-order valence-corrected chi connectivity index (χ4v) is 2.48. The first-order chi connectivity index (χ1) is 8.38. The van der Waals surface area contributed by atoms with Gasteiger partial charge in [-0.2, -0.15) is 0 Å². The molecule has 0 saturated carbocycles. The zero-order valence-corrected chi connectivity index (χ0v) is 11.3. The molecule has 6 heteroatoms. The lowest BCUT2D eigenvalue weighted by Crippen LogP contribution is -2.05. The molecule has 17 heavy (non-hydrogen) atoms. The van der Waals surface area contributed by atoms with Crippen molar-refractivity contribution in [3.8, 4) is 0 Å². The Bertz CT molecular complexity index is 293. The Kier molecular flexibility index (Phi) is 8.00. The molecule has 0 aliphatic carbocycles. The van der Waals surface area contributed by atoms with Gasteiger partial charge >= 0.3 is 0 Å². The van der Waals surface area contributed by atoms with Gasteiger partial charge in [0.15, 0.2) is 0 Å². The Morgan fingerprint density at radius 1 is 1.18 bits per heavy atom. The van der Waals surface area contributed by atoms with E-state index in [1.807, 2.05) is 0 Å². The highest BCUT2D eigenvalue weighted by Crippen LogP contribution is 2.16. The molecule has 1 N–H and O–H groups in total. The maximum Gasteiger partial charge on any atom is 0.209 e. The fraction of sp³-hybridized carbons (Fsp3) is 0.909. The van der Waals surface area contributed by atoms with E-state index in [0.29, 0.717) is 6.54 Å². The van der Waals surface area contributed by atoms with Crippen LogP contribution in [0.2, 0.25) is 0 Å². The Balaban J connectivity index is 2.07. The van der Waals surface area contributed by atoms with Gasteiger partial charge in [-0.15, -0.1) is 5.10 Å². The van der Waals surface area contributed by atoms with E-state index in [9.17, 15) is 0 Å². The van der Waals surface area contributed by atoms with E-state index in [2.05, 4.69) is 22.4 Å². The molecule has 1 aromatic heterocycles. The number of hydrogen-bond donors (Lipinski definition) is 1. The van der Waals surface area contributed by atoms with Crippen molar-refractivity contribution in [3.05, 3.63) is 0 Å². The van der Waals surface area contributed by atoms with Crippen molar-refractivity contribution < 1.29 is 5.11 Å². The largest absolute Gasteiger partial charge is 0.394 e. The molecule has 0 unspecified atom stereocenters. The summed E-state index contributed by atoms with van der Waals surface area (Å²) in [6.07, 6.45) is 7.82. The second kappa shape index (κ2) is 9.41. The first kappa shape index (κ1) is 14.4. The molecule has 0 fully saturated rings. The van der Waals surface area contributed by atoms with Gasteiger partial charge in [0.05, 0.1) is 13.2 Å². The summed E-state index contributed by atoms with van der Waals surface area (Å²) in [5.74, 6) is 1.05. The van der Waals surface area contributed by atoms with E-state index in [-0.39, 0.29) is 6.61 Å². The predicted octanol–water partition coefficient (Wildman–Crippen LogP) is 2.12. The van der Waals surface area contributed by atoms with Gasteiger partial charge in [0, 0.05) is 5.75 Å². The molecule has 0 amide bonds. The standard InChI is InChI=1S/C11H22N4OS/c1-2-3-4-5-6-7-10-17-11-12-13-14-15(11)8-9-16/h16H,2-10H2,1H3. The maximum atomic E-state index is 8.83. The molecule has 0 saturated heterocycles. The second-order valence-corrected chi connectivity index (χ2v) is 5.09. The lowest BCUT2D eigenvalue weighted by Gasteiger charge is -2.02. The fourth-order valence-electron chi connectivity index (χ4n) is 1.58. The van der Waals surface area contributed by atoms with E-state index < -0.39 is 0 Å². The van der Waals surface area contributed by atoms with Crippen LogP contribution >= 0.6 is 11.8 Å². The van der Waals surface area contributed by atoms with E-state index >= 15 is 0 Å². The molecule has 0 spiro atoms. The normalized spacial score (nSPS) is 10.9. The van der Waals surface area contributed by atoms with Gasteiger partial charge in [-0.1, -0.05) is 50.8 Å². The van der Waals surface area contributed by atoms with E-state index in [4.69, 9.17) is 5.11 Å². The van der Waals surface area contributed by atoms with Crippen LogP contribution < -0.4 is 0 Å². The molecule has 0 aliphatic rings. The van der Waals surface area contributed by atoms with Gasteiger partial charge in [-0.3, -0.25) is 0 Å². The summed E-state index contributed by atoms with van der Waals surface area (Å²) in [5, 5.41) is 21.0. The molecule has 1 aromatic rings. The van der Waals surface area contributed by atoms with Crippen LogP contribution in [-0.2, 0) is 6.54 Å². The number of aromatic nitrogens is 4. The van der Waals surface area contributed by atoms with E-state index in [0.717, 1.165) is 10.9 Å². The highest BCUT2D eigenvalue weighted by Gasteiger charge is 2.05. The highest BCUT2D eigenvalue weighted by molar-refractivity contribution is 7.99. The van der Waals surface area contributed by atoms with Crippen molar-refractivity contribution in [1.29, 1.82) is 0 Å². The lowest BCUT2D eigenvalue weighted by molar-refractivity contribution is 0.262. The number of hydrogen-bond acceptors (Lipinski definition) is 5. The topological polar surface area (TPSA) is 63.8 Å². The Morgan fingerprint density at radius 3 is 2.71 bits per heavy atom. The number of aliphatic hydroxyl groups excluding tert-OH is 1. The minimum Gasteiger partial charge on any atom is -0.394 e. The smallest absolute Gasteiger partial charge is 0.209 e. The summed E-state index contributed by atoms with van der Waals surface area (Å²) in [6.45, 7) is 2.79. The van der Waals surface area contributed by atoms with Crippen molar-refractivity contribution in [2.75, 3.05) is 12.4 Å². The Morgan fingerprint density at radius 2 is 1.94 bits per heavy atom. The van der Waals surface area contributed by atoms with Crippen LogP contribution in [0.1, 0.15) is 45.4 Å². The average Bonchev–Trinajstić information content (AvgIpc) is 2.76. The molecule has 0 radical (unpaired) electrons.